The van der Waals surface area contributed by atoms with Crippen LogP contribution in [0.4, 0.5) is 0 Å². The number of hydrogen-bond acceptors (Lipinski definition) is 2. The zero-order chi connectivity index (χ0) is 11.3. The Balaban J connectivity index is 2.44. The molecule has 0 aliphatic carbocycles. The molecule has 3 N–H and O–H groups in total. The van der Waals surface area contributed by atoms with Crippen LogP contribution in [-0.4, -0.2) is 17.0 Å². The fourth-order valence-corrected chi connectivity index (χ4v) is 1.32. The lowest BCUT2D eigenvalue weighted by Crippen LogP contribution is -2.31. The topological polar surface area (TPSA) is 60.0 Å². The Morgan fingerprint density at radius 1 is 1.60 bits per heavy atom. The van der Waals surface area contributed by atoms with Gasteiger partial charge in [0.15, 0.2) is 0 Å². The predicted molar refractivity (Wildman–Crippen MR) is 60.2 cm³/mol. The van der Waals surface area contributed by atoms with Gasteiger partial charge in [-0.05, 0) is 18.1 Å². The second-order valence-corrected chi connectivity index (χ2v) is 4.03. The average Bonchev–Trinajstić information content (AvgIpc) is 2.62. The molecule has 15 heavy (non-hydrogen) atoms. The Bertz CT molecular complexity index is 317. The lowest BCUT2D eigenvalue weighted by Gasteiger charge is -2.10. The van der Waals surface area contributed by atoms with Crippen LogP contribution in [0.15, 0.2) is 18.3 Å². The normalized spacial score (nSPS) is 10.7. The number of carbonyl (C=O) groups is 1. The summed E-state index contributed by atoms with van der Waals surface area (Å²) in [4.78, 5) is 11.5. The molecule has 1 amide bonds. The summed E-state index contributed by atoms with van der Waals surface area (Å²) >= 11 is 0. The van der Waals surface area contributed by atoms with Crippen molar-refractivity contribution in [2.45, 2.75) is 26.9 Å². The molecule has 0 spiro atoms. The van der Waals surface area contributed by atoms with Gasteiger partial charge in [-0.15, -0.1) is 0 Å². The number of carbonyl (C=O) groups excluding carboxylic acids is 1. The van der Waals surface area contributed by atoms with Gasteiger partial charge in [0.05, 0.1) is 0 Å². The van der Waals surface area contributed by atoms with Gasteiger partial charge in [-0.2, -0.15) is 0 Å². The summed E-state index contributed by atoms with van der Waals surface area (Å²) in [6.45, 7) is 5.68. The quantitative estimate of drug-likeness (QED) is 0.750. The van der Waals surface area contributed by atoms with E-state index in [1.165, 1.54) is 0 Å². The molecular formula is C11H19N3O. The van der Waals surface area contributed by atoms with Gasteiger partial charge >= 0.3 is 0 Å². The third-order valence-corrected chi connectivity index (χ3v) is 2.15. The van der Waals surface area contributed by atoms with E-state index in [0.29, 0.717) is 19.0 Å². The monoisotopic (exact) mass is 209 g/mol. The molecule has 0 bridgehead atoms. The number of amides is 1. The molecule has 0 fully saturated rings. The van der Waals surface area contributed by atoms with Crippen molar-refractivity contribution in [3.63, 3.8) is 0 Å². The maximum atomic E-state index is 11.5. The average molecular weight is 209 g/mol. The summed E-state index contributed by atoms with van der Waals surface area (Å²) in [6.07, 6.45) is 1.87. The van der Waals surface area contributed by atoms with Gasteiger partial charge in [-0.3, -0.25) is 4.79 Å². The number of nitrogens with zero attached hydrogens (tertiary/aromatic N) is 1. The van der Waals surface area contributed by atoms with Gasteiger partial charge in [0.25, 0.3) is 0 Å². The zero-order valence-electron chi connectivity index (χ0n) is 9.36. The summed E-state index contributed by atoms with van der Waals surface area (Å²) in [5.74, 6) is 0.516. The maximum absolute atomic E-state index is 11.5. The van der Waals surface area contributed by atoms with Crippen molar-refractivity contribution in [2.24, 2.45) is 11.7 Å². The van der Waals surface area contributed by atoms with Crippen molar-refractivity contribution >= 4 is 5.91 Å². The molecule has 4 heteroatoms. The van der Waals surface area contributed by atoms with Gasteiger partial charge in [-0.1, -0.05) is 13.8 Å². The zero-order valence-corrected chi connectivity index (χ0v) is 9.36. The van der Waals surface area contributed by atoms with Crippen LogP contribution in [0.5, 0.6) is 0 Å². The standard InChI is InChI=1S/C11H19N3O/c1-9(2)7-13-11(15)8-14-5-3-4-10(14)6-12/h3-5,9H,6-8,12H2,1-2H3,(H,13,15). The summed E-state index contributed by atoms with van der Waals surface area (Å²) in [5, 5.41) is 2.87. The van der Waals surface area contributed by atoms with E-state index in [1.54, 1.807) is 0 Å². The molecule has 0 unspecified atom stereocenters. The molecule has 0 aliphatic rings. The molecule has 84 valence electrons. The summed E-state index contributed by atoms with van der Waals surface area (Å²) in [7, 11) is 0. The molecule has 0 aliphatic heterocycles. The third-order valence-electron chi connectivity index (χ3n) is 2.15. The van der Waals surface area contributed by atoms with Crippen molar-refractivity contribution in [1.29, 1.82) is 0 Å². The van der Waals surface area contributed by atoms with Crippen LogP contribution < -0.4 is 11.1 Å². The molecule has 1 aromatic heterocycles. The Labute approximate surface area is 90.5 Å². The summed E-state index contributed by atoms with van der Waals surface area (Å²) in [5.41, 5.74) is 6.52. The van der Waals surface area contributed by atoms with Crippen LogP contribution in [0, 0.1) is 5.92 Å². The van der Waals surface area contributed by atoms with Crippen molar-refractivity contribution in [3.05, 3.63) is 24.0 Å². The van der Waals surface area contributed by atoms with Crippen LogP contribution in [0.25, 0.3) is 0 Å². The van der Waals surface area contributed by atoms with Crippen LogP contribution >= 0.6 is 0 Å². The van der Waals surface area contributed by atoms with E-state index in [2.05, 4.69) is 19.2 Å². The molecule has 0 saturated heterocycles. The highest BCUT2D eigenvalue weighted by atomic mass is 16.1. The summed E-state index contributed by atoms with van der Waals surface area (Å²) in [6, 6.07) is 3.83. The van der Waals surface area contributed by atoms with Crippen molar-refractivity contribution in [1.82, 2.24) is 9.88 Å². The second kappa shape index (κ2) is 5.56. The molecule has 1 aromatic rings. The van der Waals surface area contributed by atoms with E-state index in [1.807, 2.05) is 22.9 Å². The Hall–Kier alpha value is -1.29. The number of nitrogens with two attached hydrogens (primary N) is 1. The minimum absolute atomic E-state index is 0.0367. The molecule has 0 aromatic carbocycles. The molecular weight excluding hydrogens is 190 g/mol. The van der Waals surface area contributed by atoms with Crippen LogP contribution in [0.2, 0.25) is 0 Å². The molecule has 1 heterocycles. The first-order valence-corrected chi connectivity index (χ1v) is 5.24. The number of nitrogens with one attached hydrogen (secondary N) is 1. The van der Waals surface area contributed by atoms with E-state index in [9.17, 15) is 4.79 Å². The van der Waals surface area contributed by atoms with Crippen LogP contribution in [0.3, 0.4) is 0 Å². The minimum Gasteiger partial charge on any atom is -0.354 e. The lowest BCUT2D eigenvalue weighted by atomic mass is 10.2. The van der Waals surface area contributed by atoms with E-state index in [0.717, 1.165) is 12.2 Å². The predicted octanol–water partition coefficient (Wildman–Crippen LogP) is 0.719. The van der Waals surface area contributed by atoms with Gasteiger partial charge in [-0.25, -0.2) is 0 Å². The lowest BCUT2D eigenvalue weighted by molar-refractivity contribution is -0.121. The van der Waals surface area contributed by atoms with E-state index in [-0.39, 0.29) is 5.91 Å². The Morgan fingerprint density at radius 3 is 2.93 bits per heavy atom. The van der Waals surface area contributed by atoms with Crippen LogP contribution in [0.1, 0.15) is 19.5 Å². The number of hydrogen-bond donors (Lipinski definition) is 2. The number of rotatable bonds is 5. The third kappa shape index (κ3) is 3.75. The van der Waals surface area contributed by atoms with E-state index < -0.39 is 0 Å². The highest BCUT2D eigenvalue weighted by Gasteiger charge is 2.05. The van der Waals surface area contributed by atoms with Gasteiger partial charge < -0.3 is 15.6 Å². The van der Waals surface area contributed by atoms with Crippen molar-refractivity contribution in [3.8, 4) is 0 Å². The highest BCUT2D eigenvalue weighted by molar-refractivity contribution is 5.75. The summed E-state index contributed by atoms with van der Waals surface area (Å²) < 4.78 is 1.87. The maximum Gasteiger partial charge on any atom is 0.239 e. The highest BCUT2D eigenvalue weighted by Crippen LogP contribution is 2.00. The van der Waals surface area contributed by atoms with Crippen molar-refractivity contribution in [2.75, 3.05) is 6.54 Å². The fourth-order valence-electron chi connectivity index (χ4n) is 1.32. The second-order valence-electron chi connectivity index (χ2n) is 4.03. The molecule has 0 saturated carbocycles. The Morgan fingerprint density at radius 2 is 2.33 bits per heavy atom. The molecule has 1 rings (SSSR count). The van der Waals surface area contributed by atoms with Gasteiger partial charge in [0.1, 0.15) is 6.54 Å². The van der Waals surface area contributed by atoms with E-state index >= 15 is 0 Å². The first-order chi connectivity index (χ1) is 7.13. The van der Waals surface area contributed by atoms with E-state index in [4.69, 9.17) is 5.73 Å². The molecule has 0 radical (unpaired) electrons. The number of aromatic nitrogens is 1. The SMILES string of the molecule is CC(C)CNC(=O)Cn1cccc1CN. The first kappa shape index (κ1) is 11.8. The molecule has 0 atom stereocenters. The van der Waals surface area contributed by atoms with Gasteiger partial charge in [0, 0.05) is 25.0 Å². The van der Waals surface area contributed by atoms with Gasteiger partial charge in [0.2, 0.25) is 5.91 Å². The smallest absolute Gasteiger partial charge is 0.239 e. The van der Waals surface area contributed by atoms with Crippen molar-refractivity contribution < 1.29 is 4.79 Å². The Kier molecular flexibility index (Phi) is 4.37. The fraction of sp³-hybridized carbons (Fsp3) is 0.545. The largest absolute Gasteiger partial charge is 0.354 e. The van der Waals surface area contributed by atoms with Crippen LogP contribution in [-0.2, 0) is 17.9 Å². The molecule has 4 nitrogen and oxygen atoms in total. The first-order valence-electron chi connectivity index (χ1n) is 5.24. The minimum atomic E-state index is 0.0367.